The van der Waals surface area contributed by atoms with Crippen molar-refractivity contribution in [1.82, 2.24) is 4.90 Å². The molecule has 0 unspecified atom stereocenters. The van der Waals surface area contributed by atoms with Crippen LogP contribution in [-0.2, 0) is 4.79 Å². The van der Waals surface area contributed by atoms with Gasteiger partial charge in [-0.05, 0) is 12.8 Å². The molecule has 4 heteroatoms. The van der Waals surface area contributed by atoms with Crippen LogP contribution in [0.15, 0.2) is 0 Å². The number of hydrogen-bond donors (Lipinski definition) is 1. The molecule has 1 heterocycles. The number of likely N-dealkylation sites (tertiary alicyclic amines) is 1. The highest BCUT2D eigenvalue weighted by atomic mass is 127. The lowest BCUT2D eigenvalue weighted by Crippen LogP contribution is -2.38. The number of nitrogens with zero attached hydrogens (tertiary/aromatic N) is 1. The van der Waals surface area contributed by atoms with Gasteiger partial charge in [0.05, 0.1) is 17.1 Å². The van der Waals surface area contributed by atoms with Gasteiger partial charge in [0.15, 0.2) is 0 Å². The van der Waals surface area contributed by atoms with Crippen molar-refractivity contribution in [1.29, 1.82) is 0 Å². The Balaban J connectivity index is 2.49. The van der Waals surface area contributed by atoms with Crippen molar-refractivity contribution in [2.24, 2.45) is 0 Å². The Bertz CT molecular complexity index is 151. The molecule has 0 saturated carbocycles. The molecule has 0 aromatic heterocycles. The fourth-order valence-corrected chi connectivity index (χ4v) is 1.87. The summed E-state index contributed by atoms with van der Waals surface area (Å²) in [6.45, 7) is 0.940. The molecule has 1 atom stereocenters. The highest BCUT2D eigenvalue weighted by Gasteiger charge is 2.26. The van der Waals surface area contributed by atoms with Crippen molar-refractivity contribution in [3.05, 3.63) is 0 Å². The molecule has 3 nitrogen and oxygen atoms in total. The Morgan fingerprint density at radius 2 is 2.45 bits per heavy atom. The number of carbonyl (C=O) groups excluding carboxylic acids is 1. The van der Waals surface area contributed by atoms with Gasteiger partial charge in [-0.2, -0.15) is 0 Å². The van der Waals surface area contributed by atoms with E-state index in [1.807, 2.05) is 0 Å². The molecular weight excluding hydrogens is 257 g/mol. The average molecular weight is 269 g/mol. The van der Waals surface area contributed by atoms with Crippen molar-refractivity contribution in [2.75, 3.05) is 17.6 Å². The lowest BCUT2D eigenvalue weighted by molar-refractivity contribution is -0.129. The summed E-state index contributed by atoms with van der Waals surface area (Å²) < 4.78 is 0.522. The standard InChI is InChI=1S/C7H12INO2/c8-4-7(11)9-3-1-2-6(9)5-10/h6,10H,1-5H2/t6-/m0/s1. The summed E-state index contributed by atoms with van der Waals surface area (Å²) in [7, 11) is 0. The van der Waals surface area contributed by atoms with Crippen LogP contribution in [0.4, 0.5) is 0 Å². The van der Waals surface area contributed by atoms with E-state index in [2.05, 4.69) is 22.6 Å². The number of hydrogen-bond acceptors (Lipinski definition) is 2. The van der Waals surface area contributed by atoms with E-state index in [4.69, 9.17) is 5.11 Å². The minimum absolute atomic E-state index is 0.0947. The van der Waals surface area contributed by atoms with E-state index >= 15 is 0 Å². The lowest BCUT2D eigenvalue weighted by atomic mass is 10.2. The van der Waals surface area contributed by atoms with Crippen LogP contribution in [0.5, 0.6) is 0 Å². The zero-order valence-electron chi connectivity index (χ0n) is 6.29. The van der Waals surface area contributed by atoms with Gasteiger partial charge in [-0.3, -0.25) is 4.79 Å². The molecule has 0 spiro atoms. The number of alkyl halides is 1. The van der Waals surface area contributed by atoms with E-state index in [0.717, 1.165) is 19.4 Å². The summed E-state index contributed by atoms with van der Waals surface area (Å²) in [5, 5.41) is 8.88. The molecule has 0 radical (unpaired) electrons. The first-order valence-electron chi connectivity index (χ1n) is 3.76. The maximum atomic E-state index is 11.2. The number of amides is 1. The Morgan fingerprint density at radius 1 is 1.73 bits per heavy atom. The molecule has 1 fully saturated rings. The van der Waals surface area contributed by atoms with Crippen LogP contribution in [0.2, 0.25) is 0 Å². The molecule has 1 N–H and O–H groups in total. The largest absolute Gasteiger partial charge is 0.394 e. The zero-order chi connectivity index (χ0) is 8.27. The zero-order valence-corrected chi connectivity index (χ0v) is 8.45. The van der Waals surface area contributed by atoms with Gasteiger partial charge in [-0.1, -0.05) is 22.6 Å². The van der Waals surface area contributed by atoms with Gasteiger partial charge >= 0.3 is 0 Å². The first-order chi connectivity index (χ1) is 5.29. The van der Waals surface area contributed by atoms with E-state index in [0.29, 0.717) is 4.43 Å². The summed E-state index contributed by atoms with van der Waals surface area (Å²) in [5.41, 5.74) is 0. The molecule has 0 aromatic rings. The predicted molar refractivity (Wildman–Crippen MR) is 50.7 cm³/mol. The quantitative estimate of drug-likeness (QED) is 0.582. The molecule has 0 aromatic carbocycles. The van der Waals surface area contributed by atoms with Gasteiger partial charge in [0, 0.05) is 6.54 Å². The highest BCUT2D eigenvalue weighted by molar-refractivity contribution is 14.1. The number of aliphatic hydroxyl groups is 1. The third-order valence-electron chi connectivity index (χ3n) is 2.02. The molecule has 1 amide bonds. The highest BCUT2D eigenvalue weighted by Crippen LogP contribution is 2.16. The van der Waals surface area contributed by atoms with E-state index in [-0.39, 0.29) is 18.6 Å². The van der Waals surface area contributed by atoms with Gasteiger partial charge in [0.2, 0.25) is 5.91 Å². The number of carbonyl (C=O) groups is 1. The summed E-state index contributed by atoms with van der Waals surface area (Å²) in [6, 6.07) is 0.0947. The molecule has 64 valence electrons. The number of halogens is 1. The van der Waals surface area contributed by atoms with E-state index in [1.54, 1.807) is 4.90 Å². The Kier molecular flexibility index (Phi) is 3.58. The molecule has 1 rings (SSSR count). The van der Waals surface area contributed by atoms with E-state index < -0.39 is 0 Å². The third kappa shape index (κ3) is 2.05. The normalized spacial score (nSPS) is 24.2. The molecule has 1 saturated heterocycles. The smallest absolute Gasteiger partial charge is 0.232 e. The third-order valence-corrected chi connectivity index (χ3v) is 2.68. The summed E-state index contributed by atoms with van der Waals surface area (Å²) in [6.07, 6.45) is 1.99. The van der Waals surface area contributed by atoms with Gasteiger partial charge in [0.1, 0.15) is 0 Å². The maximum Gasteiger partial charge on any atom is 0.232 e. The second-order valence-corrected chi connectivity index (χ2v) is 3.46. The molecule has 0 bridgehead atoms. The van der Waals surface area contributed by atoms with Crippen molar-refractivity contribution < 1.29 is 9.90 Å². The fraction of sp³-hybridized carbons (Fsp3) is 0.857. The Morgan fingerprint density at radius 3 is 3.00 bits per heavy atom. The molecule has 0 aliphatic carbocycles. The van der Waals surface area contributed by atoms with Crippen molar-refractivity contribution >= 4 is 28.5 Å². The first-order valence-corrected chi connectivity index (χ1v) is 5.28. The second kappa shape index (κ2) is 4.25. The predicted octanol–water partition coefficient (Wildman–Crippen LogP) is 0.405. The topological polar surface area (TPSA) is 40.5 Å². The lowest BCUT2D eigenvalue weighted by Gasteiger charge is -2.21. The van der Waals surface area contributed by atoms with E-state index in [1.165, 1.54) is 0 Å². The summed E-state index contributed by atoms with van der Waals surface area (Å²) in [5.74, 6) is 0.155. The van der Waals surface area contributed by atoms with Crippen molar-refractivity contribution in [3.63, 3.8) is 0 Å². The fourth-order valence-electron chi connectivity index (χ4n) is 1.43. The van der Waals surface area contributed by atoms with Crippen LogP contribution >= 0.6 is 22.6 Å². The summed E-state index contributed by atoms with van der Waals surface area (Å²) in [4.78, 5) is 13.0. The molecular formula is C7H12INO2. The van der Waals surface area contributed by atoms with Crippen LogP contribution in [0.25, 0.3) is 0 Å². The molecule has 1 aliphatic rings. The van der Waals surface area contributed by atoms with Crippen LogP contribution in [0, 0.1) is 0 Å². The van der Waals surface area contributed by atoms with Crippen LogP contribution < -0.4 is 0 Å². The van der Waals surface area contributed by atoms with E-state index in [9.17, 15) is 4.79 Å². The van der Waals surface area contributed by atoms with Gasteiger partial charge in [-0.15, -0.1) is 0 Å². The van der Waals surface area contributed by atoms with Crippen LogP contribution in [-0.4, -0.2) is 39.5 Å². The molecule has 1 aliphatic heterocycles. The summed E-state index contributed by atoms with van der Waals surface area (Å²) >= 11 is 2.06. The minimum atomic E-state index is 0.0947. The molecule has 11 heavy (non-hydrogen) atoms. The Labute approximate surface area is 79.9 Å². The monoisotopic (exact) mass is 269 g/mol. The number of rotatable bonds is 2. The maximum absolute atomic E-state index is 11.2. The Hall–Kier alpha value is 0.160. The average Bonchev–Trinajstić information content (AvgIpc) is 2.50. The van der Waals surface area contributed by atoms with Gasteiger partial charge in [0.25, 0.3) is 0 Å². The van der Waals surface area contributed by atoms with Crippen molar-refractivity contribution in [3.8, 4) is 0 Å². The second-order valence-electron chi connectivity index (χ2n) is 2.70. The first kappa shape index (κ1) is 9.25. The van der Waals surface area contributed by atoms with Crippen LogP contribution in [0.3, 0.4) is 0 Å². The SMILES string of the molecule is O=C(CI)N1CCC[C@H]1CO. The van der Waals surface area contributed by atoms with Crippen LogP contribution in [0.1, 0.15) is 12.8 Å². The van der Waals surface area contributed by atoms with Gasteiger partial charge < -0.3 is 10.0 Å². The number of aliphatic hydroxyl groups excluding tert-OH is 1. The minimum Gasteiger partial charge on any atom is -0.394 e. The van der Waals surface area contributed by atoms with Gasteiger partial charge in [-0.25, -0.2) is 0 Å². The van der Waals surface area contributed by atoms with Crippen molar-refractivity contribution in [2.45, 2.75) is 18.9 Å².